The molecule has 114 valence electrons. The summed E-state index contributed by atoms with van der Waals surface area (Å²) in [6, 6.07) is -0.973. The molecule has 7 heteroatoms. The van der Waals surface area contributed by atoms with Gasteiger partial charge in [-0.05, 0) is 19.8 Å². The second-order valence-corrected chi connectivity index (χ2v) is 5.43. The van der Waals surface area contributed by atoms with Crippen molar-refractivity contribution in [2.75, 3.05) is 34.2 Å². The van der Waals surface area contributed by atoms with Gasteiger partial charge in [0.25, 0.3) is 0 Å². The number of carboxylic acid groups (broad SMARTS) is 1. The van der Waals surface area contributed by atoms with Gasteiger partial charge in [0.05, 0.1) is 5.92 Å². The molecule has 0 aliphatic carbocycles. The fourth-order valence-electron chi connectivity index (χ4n) is 2.28. The Bertz CT molecular complexity index is 397. The molecule has 3 amide bonds. The number of hydrogen-bond donors (Lipinski definition) is 1. The normalized spacial score (nSPS) is 20.2. The summed E-state index contributed by atoms with van der Waals surface area (Å²) in [7, 11) is 4.84. The van der Waals surface area contributed by atoms with Gasteiger partial charge in [0, 0.05) is 34.2 Å². The number of nitrogens with zero attached hydrogens (tertiary/aromatic N) is 3. The highest BCUT2D eigenvalue weighted by Gasteiger charge is 2.33. The molecule has 0 bridgehead atoms. The van der Waals surface area contributed by atoms with Crippen molar-refractivity contribution in [3.05, 3.63) is 0 Å². The van der Waals surface area contributed by atoms with Crippen molar-refractivity contribution < 1.29 is 19.5 Å². The van der Waals surface area contributed by atoms with Crippen LogP contribution >= 0.6 is 0 Å². The third kappa shape index (κ3) is 3.61. The van der Waals surface area contributed by atoms with E-state index in [1.54, 1.807) is 19.0 Å². The number of aliphatic carboxylic acids is 1. The number of amides is 3. The van der Waals surface area contributed by atoms with E-state index >= 15 is 0 Å². The summed E-state index contributed by atoms with van der Waals surface area (Å²) in [5, 5.41) is 8.95. The van der Waals surface area contributed by atoms with E-state index in [2.05, 4.69) is 0 Å². The number of urea groups is 1. The lowest BCUT2D eigenvalue weighted by molar-refractivity contribution is -0.150. The summed E-state index contributed by atoms with van der Waals surface area (Å²) in [5.41, 5.74) is 0. The molecule has 0 aromatic rings. The molecule has 1 aliphatic rings. The summed E-state index contributed by atoms with van der Waals surface area (Å²) in [5.74, 6) is -1.56. The highest BCUT2D eigenvalue weighted by Crippen LogP contribution is 2.20. The smallest absolute Gasteiger partial charge is 0.326 e. The van der Waals surface area contributed by atoms with E-state index in [4.69, 9.17) is 5.11 Å². The van der Waals surface area contributed by atoms with Crippen LogP contribution in [0.4, 0.5) is 4.79 Å². The highest BCUT2D eigenvalue weighted by atomic mass is 16.4. The zero-order valence-corrected chi connectivity index (χ0v) is 12.5. The average molecular weight is 285 g/mol. The first-order chi connectivity index (χ1) is 9.25. The Hall–Kier alpha value is -1.79. The van der Waals surface area contributed by atoms with Crippen molar-refractivity contribution in [1.82, 2.24) is 14.7 Å². The largest absolute Gasteiger partial charge is 0.480 e. The lowest BCUT2D eigenvalue weighted by Crippen LogP contribution is -2.51. The van der Waals surface area contributed by atoms with Gasteiger partial charge in [0.2, 0.25) is 5.91 Å². The van der Waals surface area contributed by atoms with Crippen LogP contribution in [-0.2, 0) is 9.59 Å². The van der Waals surface area contributed by atoms with Crippen LogP contribution in [0.25, 0.3) is 0 Å². The van der Waals surface area contributed by atoms with Crippen molar-refractivity contribution in [2.45, 2.75) is 25.8 Å². The zero-order valence-electron chi connectivity index (χ0n) is 12.5. The van der Waals surface area contributed by atoms with Gasteiger partial charge in [-0.2, -0.15) is 0 Å². The van der Waals surface area contributed by atoms with E-state index < -0.39 is 12.0 Å². The number of carbonyl (C=O) groups excluding carboxylic acids is 2. The topological polar surface area (TPSA) is 81.2 Å². The highest BCUT2D eigenvalue weighted by molar-refractivity contribution is 5.85. The van der Waals surface area contributed by atoms with Crippen LogP contribution in [0.5, 0.6) is 0 Å². The van der Waals surface area contributed by atoms with Crippen LogP contribution < -0.4 is 0 Å². The van der Waals surface area contributed by atoms with E-state index in [0.717, 1.165) is 6.42 Å². The third-order valence-corrected chi connectivity index (χ3v) is 3.71. The second-order valence-electron chi connectivity index (χ2n) is 5.43. The van der Waals surface area contributed by atoms with Crippen molar-refractivity contribution in [2.24, 2.45) is 5.92 Å². The first kappa shape index (κ1) is 16.3. The van der Waals surface area contributed by atoms with Gasteiger partial charge in [-0.15, -0.1) is 0 Å². The maximum absolute atomic E-state index is 12.3. The molecule has 0 aromatic heterocycles. The number of carboxylic acids is 1. The third-order valence-electron chi connectivity index (χ3n) is 3.71. The number of piperidine rings is 1. The van der Waals surface area contributed by atoms with Crippen LogP contribution in [0.1, 0.15) is 19.8 Å². The number of hydrogen-bond acceptors (Lipinski definition) is 3. The van der Waals surface area contributed by atoms with Gasteiger partial charge in [-0.3, -0.25) is 4.79 Å². The molecule has 1 N–H and O–H groups in total. The summed E-state index contributed by atoms with van der Waals surface area (Å²) in [6.45, 7) is 2.47. The van der Waals surface area contributed by atoms with E-state index in [9.17, 15) is 14.4 Å². The fourth-order valence-corrected chi connectivity index (χ4v) is 2.28. The Morgan fingerprint density at radius 3 is 2.35 bits per heavy atom. The molecule has 0 saturated carbocycles. The van der Waals surface area contributed by atoms with Crippen LogP contribution in [0, 0.1) is 5.92 Å². The Kier molecular flexibility index (Phi) is 5.35. The van der Waals surface area contributed by atoms with E-state index in [1.165, 1.54) is 23.8 Å². The lowest BCUT2D eigenvalue weighted by Gasteiger charge is -2.35. The van der Waals surface area contributed by atoms with E-state index in [0.29, 0.717) is 19.5 Å². The van der Waals surface area contributed by atoms with Crippen molar-refractivity contribution in [3.8, 4) is 0 Å². The molecular formula is C13H23N3O4. The SMILES string of the molecule is CC(C(=O)O)N(C)C(=O)C1CCCN(C(=O)N(C)C)C1. The van der Waals surface area contributed by atoms with Gasteiger partial charge >= 0.3 is 12.0 Å². The Balaban J connectivity index is 2.69. The predicted molar refractivity (Wildman–Crippen MR) is 73.2 cm³/mol. The lowest BCUT2D eigenvalue weighted by atomic mass is 9.96. The standard InChI is InChI=1S/C13H23N3O4/c1-9(12(18)19)15(4)11(17)10-6-5-7-16(8-10)13(20)14(2)3/h9-10H,5-8H2,1-4H3,(H,18,19). The minimum atomic E-state index is -1.03. The summed E-state index contributed by atoms with van der Waals surface area (Å²) >= 11 is 0. The summed E-state index contributed by atoms with van der Waals surface area (Å²) in [6.07, 6.45) is 1.44. The first-order valence-corrected chi connectivity index (χ1v) is 6.71. The number of rotatable bonds is 3. The van der Waals surface area contributed by atoms with Gasteiger partial charge in [0.1, 0.15) is 6.04 Å². The molecule has 1 aliphatic heterocycles. The van der Waals surface area contributed by atoms with Crippen LogP contribution in [0.15, 0.2) is 0 Å². The van der Waals surface area contributed by atoms with Crippen LogP contribution in [-0.4, -0.2) is 78.0 Å². The average Bonchev–Trinajstić information content (AvgIpc) is 2.43. The molecule has 0 aromatic carbocycles. The monoisotopic (exact) mass is 285 g/mol. The van der Waals surface area contributed by atoms with Crippen molar-refractivity contribution >= 4 is 17.9 Å². The Labute approximate surface area is 119 Å². The molecule has 20 heavy (non-hydrogen) atoms. The fraction of sp³-hybridized carbons (Fsp3) is 0.769. The molecule has 2 unspecified atom stereocenters. The number of carbonyl (C=O) groups is 3. The number of likely N-dealkylation sites (N-methyl/N-ethyl adjacent to an activating group) is 1. The van der Waals surface area contributed by atoms with E-state index in [-0.39, 0.29) is 17.9 Å². The van der Waals surface area contributed by atoms with Crippen molar-refractivity contribution in [1.29, 1.82) is 0 Å². The first-order valence-electron chi connectivity index (χ1n) is 6.71. The maximum Gasteiger partial charge on any atom is 0.326 e. The van der Waals surface area contributed by atoms with E-state index in [1.807, 2.05) is 0 Å². The second kappa shape index (κ2) is 6.58. The molecule has 1 saturated heterocycles. The molecule has 0 spiro atoms. The van der Waals surface area contributed by atoms with Gasteiger partial charge in [0.15, 0.2) is 0 Å². The minimum Gasteiger partial charge on any atom is -0.480 e. The minimum absolute atomic E-state index is 0.114. The Morgan fingerprint density at radius 2 is 1.85 bits per heavy atom. The summed E-state index contributed by atoms with van der Waals surface area (Å²) in [4.78, 5) is 39.5. The van der Waals surface area contributed by atoms with Crippen LogP contribution in [0.3, 0.4) is 0 Å². The molecule has 0 radical (unpaired) electrons. The zero-order chi connectivity index (χ0) is 15.4. The molecular weight excluding hydrogens is 262 g/mol. The summed E-state index contributed by atoms with van der Waals surface area (Å²) < 4.78 is 0. The van der Waals surface area contributed by atoms with Crippen LogP contribution in [0.2, 0.25) is 0 Å². The molecule has 1 heterocycles. The predicted octanol–water partition coefficient (Wildman–Crippen LogP) is 0.312. The van der Waals surface area contributed by atoms with Gasteiger partial charge < -0.3 is 19.8 Å². The quantitative estimate of drug-likeness (QED) is 0.809. The number of likely N-dealkylation sites (tertiary alicyclic amines) is 1. The molecule has 1 rings (SSSR count). The molecule has 1 fully saturated rings. The van der Waals surface area contributed by atoms with Crippen molar-refractivity contribution in [3.63, 3.8) is 0 Å². The van der Waals surface area contributed by atoms with Gasteiger partial charge in [-0.25, -0.2) is 9.59 Å². The Morgan fingerprint density at radius 1 is 1.25 bits per heavy atom. The van der Waals surface area contributed by atoms with Gasteiger partial charge in [-0.1, -0.05) is 0 Å². The molecule has 7 nitrogen and oxygen atoms in total. The molecule has 2 atom stereocenters. The maximum atomic E-state index is 12.3.